The Morgan fingerprint density at radius 3 is 2.45 bits per heavy atom. The number of aromatic nitrogens is 1. The number of para-hydroxylation sites is 1. The largest absolute Gasteiger partial charge is 0.496 e. The van der Waals surface area contributed by atoms with E-state index in [1.807, 2.05) is 29.2 Å². The second kappa shape index (κ2) is 9.02. The summed E-state index contributed by atoms with van der Waals surface area (Å²) < 4.78 is 48.5. The topological polar surface area (TPSA) is 54.9 Å². The second-order valence-electron chi connectivity index (χ2n) is 6.55. The van der Waals surface area contributed by atoms with Gasteiger partial charge >= 0.3 is 12.3 Å². The summed E-state index contributed by atoms with van der Waals surface area (Å²) in [6.07, 6.45) is -3.43. The van der Waals surface area contributed by atoms with Crippen LogP contribution in [0, 0.1) is 0 Å². The molecule has 0 atom stereocenters. The summed E-state index contributed by atoms with van der Waals surface area (Å²) in [6.45, 7) is 2.01. The van der Waals surface area contributed by atoms with Crippen LogP contribution in [0.2, 0.25) is 0 Å². The summed E-state index contributed by atoms with van der Waals surface area (Å²) in [4.78, 5) is 19.6. The number of halogens is 3. The Bertz CT molecular complexity index is 820. The molecule has 1 aliphatic heterocycles. The monoisotopic (exact) mass is 409 g/mol. The highest BCUT2D eigenvalue weighted by molar-refractivity contribution is 5.68. The molecule has 0 bridgehead atoms. The van der Waals surface area contributed by atoms with Crippen molar-refractivity contribution >= 4 is 11.9 Å². The van der Waals surface area contributed by atoms with E-state index >= 15 is 0 Å². The van der Waals surface area contributed by atoms with Crippen molar-refractivity contribution < 1.29 is 27.4 Å². The van der Waals surface area contributed by atoms with Gasteiger partial charge in [0.15, 0.2) is 0 Å². The number of methoxy groups -OCH3 is 1. The maximum atomic E-state index is 12.6. The maximum Gasteiger partial charge on any atom is 0.417 e. The second-order valence-corrected chi connectivity index (χ2v) is 6.55. The van der Waals surface area contributed by atoms with Crippen molar-refractivity contribution in [2.75, 3.05) is 44.8 Å². The summed E-state index contributed by atoms with van der Waals surface area (Å²) in [5.74, 6) is 1.21. The Balaban J connectivity index is 1.46. The molecule has 9 heteroatoms. The molecule has 0 saturated carbocycles. The van der Waals surface area contributed by atoms with Crippen molar-refractivity contribution in [3.63, 3.8) is 0 Å². The van der Waals surface area contributed by atoms with Crippen LogP contribution < -0.4 is 9.64 Å². The van der Waals surface area contributed by atoms with E-state index in [2.05, 4.69) is 4.98 Å². The van der Waals surface area contributed by atoms with E-state index in [9.17, 15) is 18.0 Å². The predicted octanol–water partition coefficient (Wildman–Crippen LogP) is 3.61. The minimum absolute atomic E-state index is 0.236. The first-order valence-electron chi connectivity index (χ1n) is 9.20. The molecule has 1 saturated heterocycles. The fraction of sp³-hybridized carbons (Fsp3) is 0.400. The van der Waals surface area contributed by atoms with Crippen LogP contribution in [0.25, 0.3) is 0 Å². The third-order valence-corrected chi connectivity index (χ3v) is 4.73. The lowest BCUT2D eigenvalue weighted by molar-refractivity contribution is -0.137. The van der Waals surface area contributed by atoms with Gasteiger partial charge in [-0.2, -0.15) is 13.2 Å². The van der Waals surface area contributed by atoms with Crippen LogP contribution in [0.3, 0.4) is 0 Å². The first-order chi connectivity index (χ1) is 13.9. The average molecular weight is 409 g/mol. The van der Waals surface area contributed by atoms with Crippen molar-refractivity contribution in [3.8, 4) is 5.75 Å². The lowest BCUT2D eigenvalue weighted by Crippen LogP contribution is -2.49. The van der Waals surface area contributed by atoms with Crippen LogP contribution in [0.5, 0.6) is 5.75 Å². The molecule has 29 heavy (non-hydrogen) atoms. The number of amides is 1. The molecule has 0 spiro atoms. The van der Waals surface area contributed by atoms with Gasteiger partial charge in [0.1, 0.15) is 11.6 Å². The number of carbonyl (C=O) groups excluding carboxylic acids is 1. The number of pyridine rings is 1. The van der Waals surface area contributed by atoms with E-state index in [-0.39, 0.29) is 6.61 Å². The highest BCUT2D eigenvalue weighted by Gasteiger charge is 2.31. The van der Waals surface area contributed by atoms with Crippen LogP contribution in [0.4, 0.5) is 23.8 Å². The molecule has 6 nitrogen and oxygen atoms in total. The molecule has 1 aromatic heterocycles. The molecule has 1 amide bonds. The number of rotatable bonds is 5. The van der Waals surface area contributed by atoms with E-state index in [1.165, 1.54) is 6.07 Å². The molecule has 2 aromatic rings. The quantitative estimate of drug-likeness (QED) is 0.755. The number of alkyl halides is 3. The van der Waals surface area contributed by atoms with E-state index < -0.39 is 17.8 Å². The molecular weight excluding hydrogens is 387 g/mol. The van der Waals surface area contributed by atoms with Gasteiger partial charge in [-0.15, -0.1) is 0 Å². The fourth-order valence-electron chi connectivity index (χ4n) is 3.11. The molecule has 0 radical (unpaired) electrons. The summed E-state index contributed by atoms with van der Waals surface area (Å²) in [6, 6.07) is 9.91. The number of hydrogen-bond acceptors (Lipinski definition) is 5. The minimum Gasteiger partial charge on any atom is -0.496 e. The Morgan fingerprint density at radius 1 is 1.10 bits per heavy atom. The number of hydrogen-bond donors (Lipinski definition) is 0. The normalized spacial score (nSPS) is 14.6. The van der Waals surface area contributed by atoms with Gasteiger partial charge in [0, 0.05) is 38.8 Å². The van der Waals surface area contributed by atoms with Crippen LogP contribution in [-0.2, 0) is 17.3 Å². The molecule has 1 aromatic carbocycles. The van der Waals surface area contributed by atoms with Crippen LogP contribution in [0.15, 0.2) is 42.6 Å². The Labute approximate surface area is 166 Å². The Kier molecular flexibility index (Phi) is 6.46. The number of nitrogens with zero attached hydrogens (tertiary/aromatic N) is 3. The van der Waals surface area contributed by atoms with Crippen molar-refractivity contribution in [2.45, 2.75) is 12.6 Å². The maximum absolute atomic E-state index is 12.6. The van der Waals surface area contributed by atoms with Gasteiger partial charge in [0.2, 0.25) is 0 Å². The average Bonchev–Trinajstić information content (AvgIpc) is 2.73. The molecular formula is C20H22F3N3O3. The molecule has 0 unspecified atom stereocenters. The molecule has 156 valence electrons. The molecule has 2 heterocycles. The number of benzene rings is 1. The Hall–Kier alpha value is -2.97. The van der Waals surface area contributed by atoms with Gasteiger partial charge in [-0.25, -0.2) is 9.78 Å². The van der Waals surface area contributed by atoms with Gasteiger partial charge in [-0.05, 0) is 23.8 Å². The lowest BCUT2D eigenvalue weighted by atomic mass is 10.1. The van der Waals surface area contributed by atoms with Crippen LogP contribution in [0.1, 0.15) is 11.1 Å². The van der Waals surface area contributed by atoms with Gasteiger partial charge < -0.3 is 19.3 Å². The zero-order chi connectivity index (χ0) is 20.9. The van der Waals surface area contributed by atoms with Gasteiger partial charge in [0.05, 0.1) is 19.3 Å². The predicted molar refractivity (Wildman–Crippen MR) is 101 cm³/mol. The highest BCUT2D eigenvalue weighted by Crippen LogP contribution is 2.29. The lowest BCUT2D eigenvalue weighted by Gasteiger charge is -2.34. The molecule has 0 aliphatic carbocycles. The van der Waals surface area contributed by atoms with Crippen molar-refractivity contribution in [1.82, 2.24) is 9.88 Å². The zero-order valence-corrected chi connectivity index (χ0v) is 16.0. The SMILES string of the molecule is COc1ccccc1CCOC(=O)N1CCN(c2ccc(C(F)(F)F)cn2)CC1. The molecule has 0 N–H and O–H groups in total. The van der Waals surface area contributed by atoms with Crippen molar-refractivity contribution in [1.29, 1.82) is 0 Å². The first kappa shape index (κ1) is 20.8. The van der Waals surface area contributed by atoms with Crippen LogP contribution >= 0.6 is 0 Å². The van der Waals surface area contributed by atoms with Crippen LogP contribution in [-0.4, -0.2) is 55.9 Å². The van der Waals surface area contributed by atoms with Gasteiger partial charge in [-0.1, -0.05) is 18.2 Å². The number of anilines is 1. The summed E-state index contributed by atoms with van der Waals surface area (Å²) in [5, 5.41) is 0. The number of ether oxygens (including phenoxy) is 2. The third-order valence-electron chi connectivity index (χ3n) is 4.73. The van der Waals surface area contributed by atoms with Crippen molar-refractivity contribution in [2.24, 2.45) is 0 Å². The van der Waals surface area contributed by atoms with E-state index in [1.54, 1.807) is 12.0 Å². The Morgan fingerprint density at radius 2 is 1.83 bits per heavy atom. The smallest absolute Gasteiger partial charge is 0.417 e. The third kappa shape index (κ3) is 5.30. The standard InChI is InChI=1S/C20H22F3N3O3/c1-28-17-5-3-2-4-15(17)8-13-29-19(27)26-11-9-25(10-12-26)18-7-6-16(14-24-18)20(21,22)23/h2-7,14H,8-13H2,1H3. The highest BCUT2D eigenvalue weighted by atomic mass is 19.4. The van der Waals surface area contributed by atoms with E-state index in [0.717, 1.165) is 23.6 Å². The fourth-order valence-corrected chi connectivity index (χ4v) is 3.11. The molecule has 1 fully saturated rings. The van der Waals surface area contributed by atoms with Gasteiger partial charge in [-0.3, -0.25) is 0 Å². The van der Waals surface area contributed by atoms with E-state index in [4.69, 9.17) is 9.47 Å². The summed E-state index contributed by atoms with van der Waals surface area (Å²) >= 11 is 0. The van der Waals surface area contributed by atoms with Gasteiger partial charge in [0.25, 0.3) is 0 Å². The van der Waals surface area contributed by atoms with E-state index in [0.29, 0.717) is 38.4 Å². The summed E-state index contributed by atoms with van der Waals surface area (Å²) in [5.41, 5.74) is 0.180. The number of piperazine rings is 1. The first-order valence-corrected chi connectivity index (χ1v) is 9.20. The minimum atomic E-state index is -4.41. The number of carbonyl (C=O) groups is 1. The molecule has 3 rings (SSSR count). The summed E-state index contributed by atoms with van der Waals surface area (Å²) in [7, 11) is 1.59. The zero-order valence-electron chi connectivity index (χ0n) is 16.0. The van der Waals surface area contributed by atoms with Crippen molar-refractivity contribution in [3.05, 3.63) is 53.7 Å². The molecule has 1 aliphatic rings.